The van der Waals surface area contributed by atoms with E-state index in [0.717, 1.165) is 32.2 Å². The Morgan fingerprint density at radius 3 is 2.81 bits per heavy atom. The Kier molecular flexibility index (Phi) is 3.05. The minimum absolute atomic E-state index is 0.00769. The molecule has 116 valence electrons. The van der Waals surface area contributed by atoms with Crippen molar-refractivity contribution in [1.82, 2.24) is 4.90 Å². The molecule has 7 atom stereocenters. The van der Waals surface area contributed by atoms with Crippen molar-refractivity contribution < 1.29 is 14.3 Å². The number of hydrogen-bond acceptors (Lipinski definition) is 3. The maximum Gasteiger partial charge on any atom is 0.309 e. The molecule has 4 aliphatic rings. The van der Waals surface area contributed by atoms with Crippen molar-refractivity contribution >= 4 is 11.9 Å². The summed E-state index contributed by atoms with van der Waals surface area (Å²) in [6, 6.07) is 0.378. The molecule has 3 heterocycles. The highest BCUT2D eigenvalue weighted by molar-refractivity contribution is 5.78. The third kappa shape index (κ3) is 1.74. The van der Waals surface area contributed by atoms with Gasteiger partial charge in [-0.3, -0.25) is 9.59 Å². The zero-order chi connectivity index (χ0) is 14.7. The molecule has 0 aromatic rings. The Bertz CT molecular complexity index is 477. The summed E-state index contributed by atoms with van der Waals surface area (Å²) in [4.78, 5) is 26.7. The molecule has 0 aromatic heterocycles. The normalized spacial score (nSPS) is 48.7. The number of rotatable bonds is 1. The molecule has 0 spiro atoms. The maximum atomic E-state index is 12.4. The monoisotopic (exact) mass is 291 g/mol. The van der Waals surface area contributed by atoms with Crippen LogP contribution in [0.4, 0.5) is 0 Å². The van der Waals surface area contributed by atoms with Crippen LogP contribution in [0.3, 0.4) is 0 Å². The average Bonchev–Trinajstić information content (AvgIpc) is 2.96. The van der Waals surface area contributed by atoms with E-state index in [1.54, 1.807) is 0 Å². The maximum absolute atomic E-state index is 12.4. The van der Waals surface area contributed by atoms with E-state index in [1.807, 2.05) is 6.92 Å². The zero-order valence-corrected chi connectivity index (χ0v) is 13.0. The van der Waals surface area contributed by atoms with E-state index in [9.17, 15) is 9.59 Å². The summed E-state index contributed by atoms with van der Waals surface area (Å²) in [5.41, 5.74) is 0. The summed E-state index contributed by atoms with van der Waals surface area (Å²) >= 11 is 0. The van der Waals surface area contributed by atoms with Crippen molar-refractivity contribution in [2.75, 3.05) is 6.54 Å². The van der Waals surface area contributed by atoms with Crippen molar-refractivity contribution in [1.29, 1.82) is 0 Å². The fourth-order valence-corrected chi connectivity index (χ4v) is 5.90. The van der Waals surface area contributed by atoms with Gasteiger partial charge in [-0.25, -0.2) is 0 Å². The molecule has 21 heavy (non-hydrogen) atoms. The van der Waals surface area contributed by atoms with E-state index in [1.165, 1.54) is 0 Å². The molecule has 0 N–H and O–H groups in total. The van der Waals surface area contributed by atoms with E-state index in [-0.39, 0.29) is 18.0 Å². The summed E-state index contributed by atoms with van der Waals surface area (Å²) in [5, 5.41) is 0. The first kappa shape index (κ1) is 13.6. The molecule has 0 radical (unpaired) electrons. The van der Waals surface area contributed by atoms with Gasteiger partial charge in [0, 0.05) is 30.8 Å². The zero-order valence-electron chi connectivity index (χ0n) is 13.0. The summed E-state index contributed by atoms with van der Waals surface area (Å²) in [6.45, 7) is 5.14. The molecule has 4 nitrogen and oxygen atoms in total. The van der Waals surface area contributed by atoms with Gasteiger partial charge < -0.3 is 9.64 Å². The van der Waals surface area contributed by atoms with Gasteiger partial charge in [0.25, 0.3) is 0 Å². The summed E-state index contributed by atoms with van der Waals surface area (Å²) in [5.74, 6) is 2.13. The van der Waals surface area contributed by atoms with Crippen molar-refractivity contribution in [3.63, 3.8) is 0 Å². The van der Waals surface area contributed by atoms with Gasteiger partial charge >= 0.3 is 5.97 Å². The molecule has 1 saturated carbocycles. The van der Waals surface area contributed by atoms with Gasteiger partial charge in [-0.1, -0.05) is 13.8 Å². The molecule has 4 rings (SSSR count). The van der Waals surface area contributed by atoms with Gasteiger partial charge in [0.2, 0.25) is 5.91 Å². The lowest BCUT2D eigenvalue weighted by Crippen LogP contribution is -2.54. The first-order valence-corrected chi connectivity index (χ1v) is 8.63. The number of carbonyl (C=O) groups is 2. The quantitative estimate of drug-likeness (QED) is 0.696. The van der Waals surface area contributed by atoms with Gasteiger partial charge in [-0.2, -0.15) is 0 Å². The van der Waals surface area contributed by atoms with E-state index in [4.69, 9.17) is 4.74 Å². The molecule has 0 bridgehead atoms. The summed E-state index contributed by atoms with van der Waals surface area (Å²) in [6.07, 6.45) is 5.05. The largest absolute Gasteiger partial charge is 0.462 e. The Morgan fingerprint density at radius 2 is 2.05 bits per heavy atom. The molecule has 3 saturated heterocycles. The minimum Gasteiger partial charge on any atom is -0.462 e. The molecule has 1 amide bonds. The molecule has 0 aromatic carbocycles. The molecule has 3 aliphatic heterocycles. The van der Waals surface area contributed by atoms with E-state index in [2.05, 4.69) is 11.8 Å². The van der Waals surface area contributed by atoms with Crippen LogP contribution in [0.15, 0.2) is 0 Å². The number of fused-ring (bicyclic) bond motifs is 2. The second-order valence-corrected chi connectivity index (χ2v) is 7.43. The lowest BCUT2D eigenvalue weighted by Gasteiger charge is -2.47. The van der Waals surface area contributed by atoms with Crippen LogP contribution < -0.4 is 0 Å². The Balaban J connectivity index is 1.76. The van der Waals surface area contributed by atoms with Gasteiger partial charge in [0.1, 0.15) is 6.10 Å². The molecule has 1 aliphatic carbocycles. The number of ether oxygens (including phenoxy) is 1. The third-order valence-electron chi connectivity index (χ3n) is 6.71. The van der Waals surface area contributed by atoms with Crippen molar-refractivity contribution in [3.8, 4) is 0 Å². The summed E-state index contributed by atoms with van der Waals surface area (Å²) in [7, 11) is 0. The lowest BCUT2D eigenvalue weighted by molar-refractivity contribution is -0.149. The van der Waals surface area contributed by atoms with Crippen molar-refractivity contribution in [3.05, 3.63) is 0 Å². The second kappa shape index (κ2) is 4.72. The third-order valence-corrected chi connectivity index (χ3v) is 6.71. The number of hydrogen-bond donors (Lipinski definition) is 0. The van der Waals surface area contributed by atoms with Crippen LogP contribution in [0.1, 0.15) is 46.0 Å². The molecule has 0 unspecified atom stereocenters. The van der Waals surface area contributed by atoms with E-state index < -0.39 is 0 Å². The highest BCUT2D eigenvalue weighted by Gasteiger charge is 2.61. The van der Waals surface area contributed by atoms with Crippen molar-refractivity contribution in [2.45, 2.75) is 58.1 Å². The fraction of sp³-hybridized carbons (Fsp3) is 0.882. The minimum atomic E-state index is -0.00955. The predicted octanol–water partition coefficient (Wildman–Crippen LogP) is 2.22. The fourth-order valence-electron chi connectivity index (χ4n) is 5.90. The van der Waals surface area contributed by atoms with Gasteiger partial charge in [-0.05, 0) is 37.5 Å². The van der Waals surface area contributed by atoms with Crippen LogP contribution in [0.2, 0.25) is 0 Å². The number of esters is 1. The van der Waals surface area contributed by atoms with Gasteiger partial charge in [-0.15, -0.1) is 0 Å². The molecular weight excluding hydrogens is 266 g/mol. The first-order chi connectivity index (χ1) is 10.1. The Morgan fingerprint density at radius 1 is 1.24 bits per heavy atom. The van der Waals surface area contributed by atoms with E-state index >= 15 is 0 Å². The summed E-state index contributed by atoms with van der Waals surface area (Å²) < 4.78 is 5.81. The lowest BCUT2D eigenvalue weighted by atomic mass is 9.60. The number of nitrogens with zero attached hydrogens (tertiary/aromatic N) is 1. The number of amides is 1. The van der Waals surface area contributed by atoms with E-state index in [0.29, 0.717) is 42.0 Å². The SMILES string of the molecule is CC[C@@H]1[C@H]2CCCC(=O)N3CC[C@@H]([C@H]4[C@@H]1OC(=O)[C@@H]4C)[C@@H]23. The van der Waals surface area contributed by atoms with Crippen molar-refractivity contribution in [2.24, 2.45) is 29.6 Å². The smallest absolute Gasteiger partial charge is 0.309 e. The first-order valence-electron chi connectivity index (χ1n) is 8.63. The van der Waals surface area contributed by atoms with Crippen LogP contribution in [-0.2, 0) is 14.3 Å². The highest BCUT2D eigenvalue weighted by Crippen LogP contribution is 2.55. The van der Waals surface area contributed by atoms with Crippen LogP contribution in [-0.4, -0.2) is 35.5 Å². The second-order valence-electron chi connectivity index (χ2n) is 7.43. The molecule has 4 fully saturated rings. The van der Waals surface area contributed by atoms with Gasteiger partial charge in [0.05, 0.1) is 5.92 Å². The van der Waals surface area contributed by atoms with Crippen LogP contribution >= 0.6 is 0 Å². The molecular formula is C17H25NO3. The number of carbonyl (C=O) groups excluding carboxylic acids is 2. The average molecular weight is 291 g/mol. The van der Waals surface area contributed by atoms with Crippen LogP contribution in [0, 0.1) is 29.6 Å². The predicted molar refractivity (Wildman–Crippen MR) is 77.3 cm³/mol. The molecule has 4 heteroatoms. The van der Waals surface area contributed by atoms with Gasteiger partial charge in [0.15, 0.2) is 0 Å². The van der Waals surface area contributed by atoms with Crippen LogP contribution in [0.25, 0.3) is 0 Å². The van der Waals surface area contributed by atoms with Crippen LogP contribution in [0.5, 0.6) is 0 Å². The highest BCUT2D eigenvalue weighted by atomic mass is 16.6. The standard InChI is InChI=1S/C17H25NO3/c1-3-10-11-5-4-6-13(19)18-8-7-12(15(11)18)14-9(2)17(20)21-16(10)14/h9-12,14-16H,3-8H2,1-2H3/t9-,10-,11-,12+,14+,15-,16-/m1/s1. The Hall–Kier alpha value is -1.06. The topological polar surface area (TPSA) is 46.6 Å². The Labute approximate surface area is 126 Å².